The second kappa shape index (κ2) is 5.90. The van der Waals surface area contributed by atoms with E-state index in [9.17, 15) is 9.59 Å². The van der Waals surface area contributed by atoms with Crippen LogP contribution in [0.1, 0.15) is 22.5 Å². The number of hydrogen-bond acceptors (Lipinski definition) is 5. The first kappa shape index (κ1) is 14.2. The summed E-state index contributed by atoms with van der Waals surface area (Å²) in [5, 5.41) is 5.47. The Bertz CT molecular complexity index is 682. The molecule has 0 aromatic carbocycles. The van der Waals surface area contributed by atoms with E-state index >= 15 is 0 Å². The van der Waals surface area contributed by atoms with Crippen LogP contribution >= 0.6 is 27.3 Å². The molecule has 1 fully saturated rings. The quantitative estimate of drug-likeness (QED) is 0.870. The molecule has 0 radical (unpaired) electrons. The first-order valence-electron chi connectivity index (χ1n) is 6.31. The van der Waals surface area contributed by atoms with Crippen molar-refractivity contribution in [1.29, 1.82) is 0 Å². The maximum atomic E-state index is 12.0. The molecule has 2 N–H and O–H groups in total. The predicted octanol–water partition coefficient (Wildman–Crippen LogP) is 2.90. The third kappa shape index (κ3) is 3.45. The van der Waals surface area contributed by atoms with Gasteiger partial charge in [-0.3, -0.25) is 9.59 Å². The number of halogens is 1. The molecule has 1 saturated carbocycles. The molecule has 0 unspecified atom stereocenters. The van der Waals surface area contributed by atoms with Gasteiger partial charge < -0.3 is 10.6 Å². The van der Waals surface area contributed by atoms with Gasteiger partial charge in [-0.15, -0.1) is 11.3 Å². The van der Waals surface area contributed by atoms with E-state index in [0.717, 1.165) is 12.8 Å². The van der Waals surface area contributed by atoms with Crippen molar-refractivity contribution < 1.29 is 9.59 Å². The van der Waals surface area contributed by atoms with E-state index in [0.29, 0.717) is 21.0 Å². The molecule has 1 aliphatic rings. The zero-order valence-corrected chi connectivity index (χ0v) is 13.2. The monoisotopic (exact) mass is 366 g/mol. The van der Waals surface area contributed by atoms with Crippen LogP contribution in [-0.4, -0.2) is 21.8 Å². The largest absolute Gasteiger partial charge is 0.320 e. The molecule has 2 amide bonds. The van der Waals surface area contributed by atoms with Crippen LogP contribution in [0.2, 0.25) is 0 Å². The minimum absolute atomic E-state index is 0.00729. The third-order valence-electron chi connectivity index (χ3n) is 2.95. The number of nitrogens with one attached hydrogen (secondary N) is 2. The van der Waals surface area contributed by atoms with Crippen LogP contribution in [0.3, 0.4) is 0 Å². The molecule has 0 spiro atoms. The predicted molar refractivity (Wildman–Crippen MR) is 83.4 cm³/mol. The van der Waals surface area contributed by atoms with Crippen molar-refractivity contribution in [1.82, 2.24) is 9.97 Å². The van der Waals surface area contributed by atoms with Crippen LogP contribution in [0.25, 0.3) is 0 Å². The second-order valence-electron chi connectivity index (χ2n) is 4.62. The summed E-state index contributed by atoms with van der Waals surface area (Å²) < 4.78 is 0.520. The first-order chi connectivity index (χ1) is 10.1. The van der Waals surface area contributed by atoms with E-state index < -0.39 is 0 Å². The van der Waals surface area contributed by atoms with Crippen molar-refractivity contribution in [2.75, 3.05) is 10.6 Å². The summed E-state index contributed by atoms with van der Waals surface area (Å²) >= 11 is 4.46. The summed E-state index contributed by atoms with van der Waals surface area (Å²) in [5.41, 5.74) is 2.15. The number of carbonyl (C=O) groups is 2. The summed E-state index contributed by atoms with van der Waals surface area (Å²) in [6.07, 6.45) is 3.41. The maximum Gasteiger partial charge on any atom is 0.268 e. The molecule has 0 saturated heterocycles. The topological polar surface area (TPSA) is 84.0 Å². The number of nitrogens with zero attached hydrogens (tertiary/aromatic N) is 2. The van der Waals surface area contributed by atoms with Crippen LogP contribution in [0.15, 0.2) is 28.4 Å². The van der Waals surface area contributed by atoms with Gasteiger partial charge in [-0.2, -0.15) is 0 Å². The Morgan fingerprint density at radius 2 is 2.05 bits per heavy atom. The Labute approximate surface area is 133 Å². The van der Waals surface area contributed by atoms with Crippen molar-refractivity contribution in [3.63, 3.8) is 0 Å². The second-order valence-corrected chi connectivity index (χ2v) is 6.23. The molecule has 3 rings (SSSR count). The number of anilines is 2. The Balaban J connectivity index is 1.62. The number of thiazole rings is 1. The number of amides is 2. The molecular weight excluding hydrogens is 356 g/mol. The highest BCUT2D eigenvalue weighted by Crippen LogP contribution is 2.30. The fourth-order valence-corrected chi connectivity index (χ4v) is 2.95. The molecule has 2 aromatic heterocycles. The standard InChI is InChI=1S/C13H11BrN4O2S/c14-11-10(21-6-16-11)13(20)17-8-3-4-9(15-5-8)18-12(19)7-1-2-7/h3-7H,1-2H2,(H,17,20)(H,15,18,19). The van der Waals surface area contributed by atoms with Crippen molar-refractivity contribution in [3.05, 3.63) is 33.3 Å². The zero-order chi connectivity index (χ0) is 14.8. The Hall–Kier alpha value is -1.80. The fourth-order valence-electron chi connectivity index (χ4n) is 1.68. The molecule has 8 heteroatoms. The zero-order valence-electron chi connectivity index (χ0n) is 10.8. The van der Waals surface area contributed by atoms with Gasteiger partial charge in [0.2, 0.25) is 5.91 Å². The summed E-state index contributed by atoms with van der Waals surface area (Å²) in [6, 6.07) is 3.36. The molecule has 2 heterocycles. The number of carbonyl (C=O) groups excluding carboxylic acids is 2. The van der Waals surface area contributed by atoms with Crippen molar-refractivity contribution in [2.24, 2.45) is 5.92 Å². The SMILES string of the molecule is O=C(Nc1ccc(NC(=O)C2CC2)nc1)c1scnc1Br. The number of hydrogen-bond donors (Lipinski definition) is 2. The van der Waals surface area contributed by atoms with Gasteiger partial charge in [-0.25, -0.2) is 9.97 Å². The summed E-state index contributed by atoms with van der Waals surface area (Å²) in [6.45, 7) is 0. The highest BCUT2D eigenvalue weighted by Gasteiger charge is 2.29. The van der Waals surface area contributed by atoms with Crippen LogP contribution in [0.5, 0.6) is 0 Å². The van der Waals surface area contributed by atoms with E-state index in [1.165, 1.54) is 17.5 Å². The van der Waals surface area contributed by atoms with Gasteiger partial charge >= 0.3 is 0 Å². The van der Waals surface area contributed by atoms with E-state index in [1.807, 2.05) is 0 Å². The first-order valence-corrected chi connectivity index (χ1v) is 7.98. The number of aromatic nitrogens is 2. The smallest absolute Gasteiger partial charge is 0.268 e. The lowest BCUT2D eigenvalue weighted by Gasteiger charge is -2.06. The normalized spacial score (nSPS) is 13.8. The van der Waals surface area contributed by atoms with Crippen LogP contribution < -0.4 is 10.6 Å². The van der Waals surface area contributed by atoms with Gasteiger partial charge in [0.1, 0.15) is 15.3 Å². The third-order valence-corrected chi connectivity index (χ3v) is 4.64. The summed E-state index contributed by atoms with van der Waals surface area (Å²) in [4.78, 5) is 32.2. The van der Waals surface area contributed by atoms with Gasteiger partial charge in [0.05, 0.1) is 17.4 Å². The van der Waals surface area contributed by atoms with Gasteiger partial charge in [0.15, 0.2) is 0 Å². The number of rotatable bonds is 4. The average molecular weight is 367 g/mol. The van der Waals surface area contributed by atoms with Crippen molar-refractivity contribution in [2.45, 2.75) is 12.8 Å². The van der Waals surface area contributed by atoms with Gasteiger partial charge in [0, 0.05) is 5.92 Å². The van der Waals surface area contributed by atoms with E-state index in [-0.39, 0.29) is 17.7 Å². The van der Waals surface area contributed by atoms with E-state index in [1.54, 1.807) is 17.6 Å². The lowest BCUT2D eigenvalue weighted by Crippen LogP contribution is -2.15. The Morgan fingerprint density at radius 1 is 1.24 bits per heavy atom. The summed E-state index contributed by atoms with van der Waals surface area (Å²) in [5.74, 6) is 0.382. The van der Waals surface area contributed by atoms with Crippen LogP contribution in [0.4, 0.5) is 11.5 Å². The van der Waals surface area contributed by atoms with E-state index in [2.05, 4.69) is 36.5 Å². The lowest BCUT2D eigenvalue weighted by atomic mass is 10.3. The van der Waals surface area contributed by atoms with Crippen molar-refractivity contribution >= 4 is 50.6 Å². The molecule has 21 heavy (non-hydrogen) atoms. The molecule has 108 valence electrons. The molecule has 2 aromatic rings. The van der Waals surface area contributed by atoms with Crippen molar-refractivity contribution in [3.8, 4) is 0 Å². The highest BCUT2D eigenvalue weighted by molar-refractivity contribution is 9.10. The number of pyridine rings is 1. The molecule has 0 bridgehead atoms. The molecule has 1 aliphatic carbocycles. The van der Waals surface area contributed by atoms with E-state index in [4.69, 9.17) is 0 Å². The van der Waals surface area contributed by atoms with Gasteiger partial charge in [0.25, 0.3) is 5.91 Å². The Morgan fingerprint density at radius 3 is 2.62 bits per heavy atom. The molecule has 0 atom stereocenters. The Kier molecular flexibility index (Phi) is 3.98. The highest BCUT2D eigenvalue weighted by atomic mass is 79.9. The van der Waals surface area contributed by atoms with Crippen LogP contribution in [0, 0.1) is 5.92 Å². The molecule has 0 aliphatic heterocycles. The minimum Gasteiger partial charge on any atom is -0.320 e. The minimum atomic E-state index is -0.249. The molecule has 6 nitrogen and oxygen atoms in total. The van der Waals surface area contributed by atoms with Gasteiger partial charge in [-0.1, -0.05) is 0 Å². The average Bonchev–Trinajstić information content (AvgIpc) is 3.23. The fraction of sp³-hybridized carbons (Fsp3) is 0.231. The van der Waals surface area contributed by atoms with Gasteiger partial charge in [-0.05, 0) is 40.9 Å². The van der Waals surface area contributed by atoms with Crippen LogP contribution in [-0.2, 0) is 4.79 Å². The maximum absolute atomic E-state index is 12.0. The summed E-state index contributed by atoms with van der Waals surface area (Å²) in [7, 11) is 0. The molecular formula is C13H11BrN4O2S. The lowest BCUT2D eigenvalue weighted by molar-refractivity contribution is -0.117.